The molecule has 3 aromatic rings. The van der Waals surface area contributed by atoms with Crippen LogP contribution in [0.4, 0.5) is 0 Å². The maximum atomic E-state index is 5.97. The second-order valence-corrected chi connectivity index (χ2v) is 5.54. The molecule has 0 bridgehead atoms. The van der Waals surface area contributed by atoms with Gasteiger partial charge in [0, 0.05) is 18.8 Å². The number of nitrogens with zero attached hydrogens (tertiary/aromatic N) is 4. The van der Waals surface area contributed by atoms with Crippen LogP contribution in [0.3, 0.4) is 0 Å². The Morgan fingerprint density at radius 1 is 1.19 bits per heavy atom. The Hall–Kier alpha value is -1.81. The van der Waals surface area contributed by atoms with Crippen molar-refractivity contribution in [3.63, 3.8) is 0 Å². The summed E-state index contributed by atoms with van der Waals surface area (Å²) in [6.07, 6.45) is 0.744. The molecule has 0 unspecified atom stereocenters. The van der Waals surface area contributed by atoms with Crippen LogP contribution in [0.5, 0.6) is 0 Å². The van der Waals surface area contributed by atoms with Gasteiger partial charge < -0.3 is 0 Å². The highest BCUT2D eigenvalue weighted by molar-refractivity contribution is 6.17. The molecule has 21 heavy (non-hydrogen) atoms. The molecule has 0 spiro atoms. The fourth-order valence-corrected chi connectivity index (χ4v) is 2.92. The van der Waals surface area contributed by atoms with Crippen LogP contribution >= 0.6 is 11.6 Å². The molecule has 0 atom stereocenters. The van der Waals surface area contributed by atoms with Crippen LogP contribution in [0.1, 0.15) is 24.0 Å². The summed E-state index contributed by atoms with van der Waals surface area (Å²) in [5.74, 6) is 1.56. The van der Waals surface area contributed by atoms with Gasteiger partial charge in [-0.05, 0) is 32.4 Å². The number of benzene rings is 1. The normalized spacial score (nSPS) is 11.4. The van der Waals surface area contributed by atoms with E-state index in [0.717, 1.165) is 41.3 Å². The molecule has 110 valence electrons. The first kappa shape index (κ1) is 14.1. The average molecular weight is 303 g/mol. The number of para-hydroxylation sites is 1. The van der Waals surface area contributed by atoms with Gasteiger partial charge in [-0.2, -0.15) is 5.10 Å². The second-order valence-electron chi connectivity index (χ2n) is 5.16. The predicted molar refractivity (Wildman–Crippen MR) is 86.4 cm³/mol. The van der Waals surface area contributed by atoms with E-state index >= 15 is 0 Å². The molecule has 0 fully saturated rings. The van der Waals surface area contributed by atoms with E-state index in [2.05, 4.69) is 47.8 Å². The summed E-state index contributed by atoms with van der Waals surface area (Å²) in [4.78, 5) is 4.78. The van der Waals surface area contributed by atoms with Crippen LogP contribution in [0.15, 0.2) is 24.3 Å². The van der Waals surface area contributed by atoms with Crippen molar-refractivity contribution in [2.24, 2.45) is 0 Å². The van der Waals surface area contributed by atoms with Gasteiger partial charge in [-0.3, -0.25) is 4.57 Å². The van der Waals surface area contributed by atoms with Crippen LogP contribution in [0, 0.1) is 13.8 Å². The molecule has 0 N–H and O–H groups in total. The largest absolute Gasteiger partial charge is 0.281 e. The van der Waals surface area contributed by atoms with Gasteiger partial charge in [0.05, 0.1) is 11.4 Å². The fourth-order valence-electron chi connectivity index (χ4n) is 2.75. The zero-order valence-electron chi connectivity index (χ0n) is 12.6. The molecule has 0 aliphatic carbocycles. The lowest BCUT2D eigenvalue weighted by Gasteiger charge is -2.12. The maximum Gasteiger partial charge on any atom is 0.163 e. The zero-order valence-corrected chi connectivity index (χ0v) is 13.4. The summed E-state index contributed by atoms with van der Waals surface area (Å²) in [7, 11) is 0. The first-order chi connectivity index (χ1) is 10.2. The van der Waals surface area contributed by atoms with Crippen molar-refractivity contribution in [2.45, 2.75) is 33.7 Å². The van der Waals surface area contributed by atoms with Crippen molar-refractivity contribution < 1.29 is 0 Å². The van der Waals surface area contributed by atoms with E-state index in [4.69, 9.17) is 16.6 Å². The third kappa shape index (κ3) is 2.23. The quantitative estimate of drug-likeness (QED) is 0.690. The number of hydrogen-bond acceptors (Lipinski definition) is 2. The Bertz CT molecular complexity index is 785. The van der Waals surface area contributed by atoms with Crippen LogP contribution in [-0.4, -0.2) is 25.2 Å². The highest BCUT2D eigenvalue weighted by Gasteiger charge is 2.19. The lowest BCUT2D eigenvalue weighted by Crippen LogP contribution is -2.08. The van der Waals surface area contributed by atoms with E-state index in [9.17, 15) is 0 Å². The van der Waals surface area contributed by atoms with Crippen LogP contribution in [-0.2, 0) is 13.0 Å². The van der Waals surface area contributed by atoms with Crippen LogP contribution in [0.25, 0.3) is 16.9 Å². The molecule has 0 aliphatic rings. The lowest BCUT2D eigenvalue weighted by molar-refractivity contribution is 0.658. The molecular weight excluding hydrogens is 284 g/mol. The van der Waals surface area contributed by atoms with E-state index in [1.807, 2.05) is 11.6 Å². The standard InChI is InChI=1S/C16H19ClN4/c1-4-20-16-15(12(3)19-20)18-14(9-10-17)21(16)13-8-6-5-7-11(13)2/h5-8H,4,9-10H2,1-3H3. The van der Waals surface area contributed by atoms with E-state index in [1.54, 1.807) is 0 Å². The number of fused-ring (bicyclic) bond motifs is 1. The number of aryl methyl sites for hydroxylation is 4. The minimum absolute atomic E-state index is 0.560. The number of hydrogen-bond donors (Lipinski definition) is 0. The molecule has 1 aromatic carbocycles. The molecule has 0 radical (unpaired) electrons. The number of imidazole rings is 1. The monoisotopic (exact) mass is 302 g/mol. The molecule has 0 amide bonds. The summed E-state index contributed by atoms with van der Waals surface area (Å²) < 4.78 is 4.22. The highest BCUT2D eigenvalue weighted by atomic mass is 35.5. The Morgan fingerprint density at radius 2 is 1.95 bits per heavy atom. The van der Waals surface area contributed by atoms with Gasteiger partial charge in [-0.25, -0.2) is 9.67 Å². The van der Waals surface area contributed by atoms with Crippen molar-refractivity contribution in [1.29, 1.82) is 0 Å². The third-order valence-corrected chi connectivity index (χ3v) is 3.94. The molecule has 2 heterocycles. The molecule has 5 heteroatoms. The second kappa shape index (κ2) is 5.53. The Kier molecular flexibility index (Phi) is 3.72. The minimum Gasteiger partial charge on any atom is -0.281 e. The van der Waals surface area contributed by atoms with Gasteiger partial charge in [0.2, 0.25) is 0 Å². The SMILES string of the molecule is CCn1nc(C)c2nc(CCCl)n(-c3ccccc3C)c21. The average Bonchev–Trinajstić information content (AvgIpc) is 2.98. The van der Waals surface area contributed by atoms with E-state index in [1.165, 1.54) is 5.56 Å². The number of alkyl halides is 1. The minimum atomic E-state index is 0.560. The van der Waals surface area contributed by atoms with Gasteiger partial charge in [-0.1, -0.05) is 18.2 Å². The Morgan fingerprint density at radius 3 is 2.62 bits per heavy atom. The van der Waals surface area contributed by atoms with Crippen molar-refractivity contribution in [1.82, 2.24) is 19.3 Å². The van der Waals surface area contributed by atoms with Crippen LogP contribution in [0.2, 0.25) is 0 Å². The van der Waals surface area contributed by atoms with Crippen molar-refractivity contribution in [2.75, 3.05) is 5.88 Å². The molecule has 0 saturated heterocycles. The number of aromatic nitrogens is 4. The van der Waals surface area contributed by atoms with E-state index < -0.39 is 0 Å². The first-order valence-electron chi connectivity index (χ1n) is 7.24. The topological polar surface area (TPSA) is 35.6 Å². The summed E-state index contributed by atoms with van der Waals surface area (Å²) in [5, 5.41) is 4.59. The zero-order chi connectivity index (χ0) is 15.0. The molecule has 4 nitrogen and oxygen atoms in total. The molecule has 0 saturated carbocycles. The lowest BCUT2D eigenvalue weighted by atomic mass is 10.2. The summed E-state index contributed by atoms with van der Waals surface area (Å²) >= 11 is 5.97. The summed E-state index contributed by atoms with van der Waals surface area (Å²) in [6, 6.07) is 8.34. The van der Waals surface area contributed by atoms with Crippen molar-refractivity contribution in [3.8, 4) is 5.69 Å². The highest BCUT2D eigenvalue weighted by Crippen LogP contribution is 2.26. The Labute approximate surface area is 129 Å². The molecule has 0 aliphatic heterocycles. The molecule has 3 rings (SSSR count). The fraction of sp³-hybridized carbons (Fsp3) is 0.375. The summed E-state index contributed by atoms with van der Waals surface area (Å²) in [5.41, 5.74) is 5.36. The van der Waals surface area contributed by atoms with E-state index in [0.29, 0.717) is 5.88 Å². The summed E-state index contributed by atoms with van der Waals surface area (Å²) in [6.45, 7) is 7.05. The van der Waals surface area contributed by atoms with Crippen LogP contribution < -0.4 is 0 Å². The van der Waals surface area contributed by atoms with Gasteiger partial charge in [0.1, 0.15) is 11.3 Å². The molecular formula is C16H19ClN4. The molecule has 2 aromatic heterocycles. The first-order valence-corrected chi connectivity index (χ1v) is 7.77. The van der Waals surface area contributed by atoms with Gasteiger partial charge in [0.15, 0.2) is 5.65 Å². The van der Waals surface area contributed by atoms with Crippen molar-refractivity contribution >= 4 is 22.8 Å². The van der Waals surface area contributed by atoms with Gasteiger partial charge >= 0.3 is 0 Å². The number of halogens is 1. The Balaban J connectivity index is 2.37. The van der Waals surface area contributed by atoms with Gasteiger partial charge in [-0.15, -0.1) is 11.6 Å². The predicted octanol–water partition coefficient (Wildman–Crippen LogP) is 3.64. The van der Waals surface area contributed by atoms with Crippen molar-refractivity contribution in [3.05, 3.63) is 41.3 Å². The number of rotatable bonds is 4. The maximum absolute atomic E-state index is 5.97. The third-order valence-electron chi connectivity index (χ3n) is 3.75. The smallest absolute Gasteiger partial charge is 0.163 e. The van der Waals surface area contributed by atoms with Gasteiger partial charge in [0.25, 0.3) is 0 Å². The van der Waals surface area contributed by atoms with E-state index in [-0.39, 0.29) is 0 Å².